The van der Waals surface area contributed by atoms with E-state index in [0.717, 1.165) is 18.8 Å². The van der Waals surface area contributed by atoms with Gasteiger partial charge in [0.25, 0.3) is 0 Å². The van der Waals surface area contributed by atoms with Crippen molar-refractivity contribution < 1.29 is 8.42 Å². The van der Waals surface area contributed by atoms with E-state index in [2.05, 4.69) is 12.2 Å². The second-order valence-corrected chi connectivity index (χ2v) is 7.55. The topological polar surface area (TPSA) is 46.2 Å². The fourth-order valence-corrected chi connectivity index (χ4v) is 4.85. The van der Waals surface area contributed by atoms with Crippen LogP contribution in [0.2, 0.25) is 0 Å². The first-order chi connectivity index (χ1) is 7.61. The van der Waals surface area contributed by atoms with E-state index < -0.39 is 9.84 Å². The van der Waals surface area contributed by atoms with E-state index in [1.807, 2.05) is 0 Å². The van der Waals surface area contributed by atoms with Crippen LogP contribution in [-0.2, 0) is 9.84 Å². The zero-order valence-corrected chi connectivity index (χ0v) is 10.9. The molecule has 0 aromatic carbocycles. The molecule has 0 aromatic rings. The van der Waals surface area contributed by atoms with Gasteiger partial charge in [-0.2, -0.15) is 0 Å². The summed E-state index contributed by atoms with van der Waals surface area (Å²) in [4.78, 5) is 0. The Morgan fingerprint density at radius 1 is 1.19 bits per heavy atom. The quantitative estimate of drug-likeness (QED) is 0.823. The average molecular weight is 245 g/mol. The molecular formula is C12H23NO2S. The van der Waals surface area contributed by atoms with Crippen LogP contribution in [-0.4, -0.2) is 32.0 Å². The molecule has 0 amide bonds. The van der Waals surface area contributed by atoms with Crippen LogP contribution in [0.1, 0.15) is 45.4 Å². The first-order valence-corrected chi connectivity index (χ1v) is 8.39. The van der Waals surface area contributed by atoms with Gasteiger partial charge in [-0.05, 0) is 31.6 Å². The van der Waals surface area contributed by atoms with E-state index in [1.165, 1.54) is 25.7 Å². The maximum atomic E-state index is 11.5. The average Bonchev–Trinajstić information content (AvgIpc) is 2.63. The first kappa shape index (κ1) is 12.4. The lowest BCUT2D eigenvalue weighted by Gasteiger charge is -2.29. The second kappa shape index (κ2) is 5.05. The predicted molar refractivity (Wildman–Crippen MR) is 66.2 cm³/mol. The van der Waals surface area contributed by atoms with E-state index in [9.17, 15) is 8.42 Å². The van der Waals surface area contributed by atoms with Crippen LogP contribution in [0.4, 0.5) is 0 Å². The predicted octanol–water partition coefficient (Wildman–Crippen LogP) is 1.73. The zero-order valence-electron chi connectivity index (χ0n) is 10.1. The lowest BCUT2D eigenvalue weighted by atomic mass is 9.99. The van der Waals surface area contributed by atoms with Crippen molar-refractivity contribution in [2.75, 3.05) is 11.5 Å². The highest BCUT2D eigenvalue weighted by Crippen LogP contribution is 2.29. The van der Waals surface area contributed by atoms with Gasteiger partial charge >= 0.3 is 0 Å². The fraction of sp³-hybridized carbons (Fsp3) is 1.00. The molecule has 0 radical (unpaired) electrons. The molecule has 3 unspecified atom stereocenters. The molecule has 2 fully saturated rings. The van der Waals surface area contributed by atoms with Gasteiger partial charge in [0.15, 0.2) is 9.84 Å². The Morgan fingerprint density at radius 2 is 2.00 bits per heavy atom. The summed E-state index contributed by atoms with van der Waals surface area (Å²) in [5, 5.41) is 3.60. The molecule has 1 saturated heterocycles. The van der Waals surface area contributed by atoms with Crippen molar-refractivity contribution >= 4 is 9.84 Å². The van der Waals surface area contributed by atoms with Crippen molar-refractivity contribution in [1.82, 2.24) is 5.32 Å². The van der Waals surface area contributed by atoms with Crippen LogP contribution < -0.4 is 5.32 Å². The molecule has 3 atom stereocenters. The van der Waals surface area contributed by atoms with Crippen molar-refractivity contribution in [3.05, 3.63) is 0 Å². The Kier molecular flexibility index (Phi) is 3.90. The highest BCUT2D eigenvalue weighted by Gasteiger charge is 2.31. The molecule has 1 aliphatic heterocycles. The summed E-state index contributed by atoms with van der Waals surface area (Å²) in [6, 6.07) is 0.791. The Bertz CT molecular complexity index is 326. The van der Waals surface area contributed by atoms with E-state index in [-0.39, 0.29) is 6.04 Å². The van der Waals surface area contributed by atoms with Crippen molar-refractivity contribution in [2.24, 2.45) is 5.92 Å². The van der Waals surface area contributed by atoms with Gasteiger partial charge < -0.3 is 5.32 Å². The summed E-state index contributed by atoms with van der Waals surface area (Å²) in [6.45, 7) is 2.24. The van der Waals surface area contributed by atoms with Gasteiger partial charge in [0.1, 0.15) is 0 Å². The molecule has 16 heavy (non-hydrogen) atoms. The Morgan fingerprint density at radius 3 is 2.69 bits per heavy atom. The molecule has 2 aliphatic rings. The standard InChI is InChI=1S/C12H23NO2S/c1-2-10-5-3-7-12(10)13-11-6-4-8-16(14,15)9-11/h10-13H,2-9H2,1H3. The third-order valence-electron chi connectivity index (χ3n) is 4.10. The molecule has 1 N–H and O–H groups in total. The molecule has 0 aromatic heterocycles. The summed E-state index contributed by atoms with van der Waals surface area (Å²) in [6.07, 6.45) is 6.94. The van der Waals surface area contributed by atoms with Crippen LogP contribution in [0, 0.1) is 5.92 Å². The molecule has 1 saturated carbocycles. The smallest absolute Gasteiger partial charge is 0.151 e. The van der Waals surface area contributed by atoms with Crippen LogP contribution in [0.15, 0.2) is 0 Å². The van der Waals surface area contributed by atoms with Crippen molar-refractivity contribution in [3.63, 3.8) is 0 Å². The Hall–Kier alpha value is -0.0900. The van der Waals surface area contributed by atoms with Gasteiger partial charge in [0.2, 0.25) is 0 Å². The molecule has 4 heteroatoms. The van der Waals surface area contributed by atoms with Crippen LogP contribution in [0.25, 0.3) is 0 Å². The van der Waals surface area contributed by atoms with Gasteiger partial charge in [0, 0.05) is 12.1 Å². The zero-order chi connectivity index (χ0) is 11.6. The van der Waals surface area contributed by atoms with Crippen LogP contribution in [0.3, 0.4) is 0 Å². The molecule has 2 rings (SSSR count). The summed E-state index contributed by atoms with van der Waals surface area (Å²) in [5.74, 6) is 1.53. The molecule has 0 spiro atoms. The van der Waals surface area contributed by atoms with Gasteiger partial charge in [-0.3, -0.25) is 0 Å². The number of sulfone groups is 1. The van der Waals surface area contributed by atoms with Crippen LogP contribution in [0.5, 0.6) is 0 Å². The lowest BCUT2D eigenvalue weighted by molar-refractivity contribution is 0.343. The van der Waals surface area contributed by atoms with Gasteiger partial charge in [-0.25, -0.2) is 8.42 Å². The van der Waals surface area contributed by atoms with Gasteiger partial charge in [-0.1, -0.05) is 19.8 Å². The minimum atomic E-state index is -2.76. The fourth-order valence-electron chi connectivity index (χ4n) is 3.20. The SMILES string of the molecule is CCC1CCCC1NC1CCCS(=O)(=O)C1. The first-order valence-electron chi connectivity index (χ1n) is 6.57. The second-order valence-electron chi connectivity index (χ2n) is 5.33. The van der Waals surface area contributed by atoms with Crippen molar-refractivity contribution in [3.8, 4) is 0 Å². The molecule has 3 nitrogen and oxygen atoms in total. The van der Waals surface area contributed by atoms with Crippen molar-refractivity contribution in [2.45, 2.75) is 57.5 Å². The summed E-state index contributed by atoms with van der Waals surface area (Å²) < 4.78 is 23.1. The Labute approximate surface area is 98.9 Å². The normalized spacial score (nSPS) is 38.7. The van der Waals surface area contributed by atoms with E-state index in [4.69, 9.17) is 0 Å². The molecular weight excluding hydrogens is 222 g/mol. The number of hydrogen-bond acceptors (Lipinski definition) is 3. The lowest BCUT2D eigenvalue weighted by Crippen LogP contribution is -2.46. The van der Waals surface area contributed by atoms with Gasteiger partial charge in [-0.15, -0.1) is 0 Å². The summed E-state index contributed by atoms with van der Waals surface area (Å²) in [7, 11) is -2.76. The van der Waals surface area contributed by atoms with Crippen LogP contribution >= 0.6 is 0 Å². The third-order valence-corrected chi connectivity index (χ3v) is 5.92. The minimum Gasteiger partial charge on any atom is -0.310 e. The summed E-state index contributed by atoms with van der Waals surface area (Å²) in [5.41, 5.74) is 0. The molecule has 1 heterocycles. The van der Waals surface area contributed by atoms with Crippen molar-refractivity contribution in [1.29, 1.82) is 0 Å². The van der Waals surface area contributed by atoms with E-state index >= 15 is 0 Å². The maximum Gasteiger partial charge on any atom is 0.151 e. The molecule has 94 valence electrons. The third kappa shape index (κ3) is 2.98. The Balaban J connectivity index is 1.89. The largest absolute Gasteiger partial charge is 0.310 e. The number of hydrogen-bond donors (Lipinski definition) is 1. The maximum absolute atomic E-state index is 11.5. The minimum absolute atomic E-state index is 0.218. The molecule has 0 bridgehead atoms. The van der Waals surface area contributed by atoms with E-state index in [1.54, 1.807) is 0 Å². The summed E-state index contributed by atoms with van der Waals surface area (Å²) >= 11 is 0. The highest BCUT2D eigenvalue weighted by molar-refractivity contribution is 7.91. The monoisotopic (exact) mass is 245 g/mol. The number of nitrogens with one attached hydrogen (secondary N) is 1. The highest BCUT2D eigenvalue weighted by atomic mass is 32.2. The number of rotatable bonds is 3. The molecule has 1 aliphatic carbocycles. The van der Waals surface area contributed by atoms with Gasteiger partial charge in [0.05, 0.1) is 11.5 Å². The van der Waals surface area contributed by atoms with E-state index in [0.29, 0.717) is 17.5 Å².